The molecule has 2 rings (SSSR count). The highest BCUT2D eigenvalue weighted by atomic mass is 16.4. The molecule has 3 N–H and O–H groups in total. The summed E-state index contributed by atoms with van der Waals surface area (Å²) in [7, 11) is 0. The molecule has 1 heterocycles. The van der Waals surface area contributed by atoms with Crippen LogP contribution in [0.1, 0.15) is 23.6 Å². The molecule has 0 aromatic heterocycles. The van der Waals surface area contributed by atoms with Crippen molar-refractivity contribution in [3.05, 3.63) is 35.4 Å². The van der Waals surface area contributed by atoms with Crippen LogP contribution >= 0.6 is 0 Å². The summed E-state index contributed by atoms with van der Waals surface area (Å²) < 4.78 is 0. The highest BCUT2D eigenvalue weighted by Gasteiger charge is 2.29. The average Bonchev–Trinajstić information content (AvgIpc) is 2.25. The molecule has 0 aliphatic carbocycles. The van der Waals surface area contributed by atoms with Crippen LogP contribution in [0.2, 0.25) is 0 Å². The van der Waals surface area contributed by atoms with Gasteiger partial charge in [0.05, 0.1) is 17.7 Å². The van der Waals surface area contributed by atoms with Gasteiger partial charge in [-0.3, -0.25) is 0 Å². The first kappa shape index (κ1) is 11.4. The van der Waals surface area contributed by atoms with Gasteiger partial charge in [-0.05, 0) is 30.7 Å². The van der Waals surface area contributed by atoms with Crippen LogP contribution in [0.5, 0.6) is 0 Å². The molecule has 1 aliphatic rings. The lowest BCUT2D eigenvalue weighted by molar-refractivity contribution is 0.180. The number of hydrogen-bond donors (Lipinski definition) is 3. The number of amides is 1. The first-order chi connectivity index (χ1) is 8.20. The predicted molar refractivity (Wildman–Crippen MR) is 61.5 cm³/mol. The molecule has 1 aromatic rings. The Bertz CT molecular complexity index is 446. The van der Waals surface area contributed by atoms with Crippen molar-refractivity contribution < 1.29 is 9.90 Å². The molecule has 5 heteroatoms. The molecule has 5 nitrogen and oxygen atoms in total. The Morgan fingerprint density at radius 2 is 2.18 bits per heavy atom. The van der Waals surface area contributed by atoms with Gasteiger partial charge in [0, 0.05) is 6.04 Å². The molecule has 2 unspecified atom stereocenters. The minimum Gasteiger partial charge on any atom is -0.465 e. The number of benzene rings is 1. The maximum atomic E-state index is 10.8. The van der Waals surface area contributed by atoms with Crippen molar-refractivity contribution in [1.29, 1.82) is 5.26 Å². The fourth-order valence-corrected chi connectivity index (χ4v) is 1.91. The van der Waals surface area contributed by atoms with Gasteiger partial charge in [-0.15, -0.1) is 0 Å². The zero-order valence-electron chi connectivity index (χ0n) is 9.18. The van der Waals surface area contributed by atoms with Crippen molar-refractivity contribution in [2.24, 2.45) is 0 Å². The third-order valence-electron chi connectivity index (χ3n) is 2.94. The van der Waals surface area contributed by atoms with Gasteiger partial charge in [-0.25, -0.2) is 4.79 Å². The normalized spacial score (nSPS) is 19.8. The average molecular weight is 231 g/mol. The maximum Gasteiger partial charge on any atom is 0.405 e. The Labute approximate surface area is 99.1 Å². The van der Waals surface area contributed by atoms with Crippen molar-refractivity contribution in [3.63, 3.8) is 0 Å². The minimum atomic E-state index is -1.03. The van der Waals surface area contributed by atoms with E-state index in [0.717, 1.165) is 18.5 Å². The van der Waals surface area contributed by atoms with Crippen LogP contribution in [0.3, 0.4) is 0 Å². The molecule has 1 saturated heterocycles. The van der Waals surface area contributed by atoms with Gasteiger partial charge in [-0.2, -0.15) is 5.26 Å². The summed E-state index contributed by atoms with van der Waals surface area (Å²) in [6, 6.07) is 8.90. The first-order valence-corrected chi connectivity index (χ1v) is 5.43. The summed E-state index contributed by atoms with van der Waals surface area (Å²) >= 11 is 0. The molecular weight excluding hydrogens is 218 g/mol. The van der Waals surface area contributed by atoms with E-state index in [2.05, 4.69) is 10.6 Å². The summed E-state index contributed by atoms with van der Waals surface area (Å²) in [6.45, 7) is 0.915. The topological polar surface area (TPSA) is 85.2 Å². The largest absolute Gasteiger partial charge is 0.465 e. The van der Waals surface area contributed by atoms with Gasteiger partial charge < -0.3 is 15.7 Å². The van der Waals surface area contributed by atoms with E-state index >= 15 is 0 Å². The lowest BCUT2D eigenvalue weighted by Gasteiger charge is -2.35. The van der Waals surface area contributed by atoms with Gasteiger partial charge in [-0.1, -0.05) is 12.1 Å². The molecule has 1 aromatic carbocycles. The van der Waals surface area contributed by atoms with Gasteiger partial charge in [0.1, 0.15) is 0 Å². The van der Waals surface area contributed by atoms with E-state index in [9.17, 15) is 4.79 Å². The van der Waals surface area contributed by atoms with E-state index in [1.165, 1.54) is 0 Å². The van der Waals surface area contributed by atoms with E-state index in [-0.39, 0.29) is 12.1 Å². The fourth-order valence-electron chi connectivity index (χ4n) is 1.91. The number of carboxylic acid groups (broad SMARTS) is 1. The van der Waals surface area contributed by atoms with Crippen molar-refractivity contribution in [1.82, 2.24) is 10.6 Å². The van der Waals surface area contributed by atoms with Crippen molar-refractivity contribution >= 4 is 6.09 Å². The number of rotatable bonds is 3. The second kappa shape index (κ2) is 4.85. The zero-order valence-corrected chi connectivity index (χ0v) is 9.18. The van der Waals surface area contributed by atoms with Crippen LogP contribution in [0.4, 0.5) is 4.79 Å². The number of nitrogens with zero attached hydrogens (tertiary/aromatic N) is 1. The van der Waals surface area contributed by atoms with E-state index in [0.29, 0.717) is 5.56 Å². The van der Waals surface area contributed by atoms with Crippen LogP contribution in [0.15, 0.2) is 24.3 Å². The number of carbonyl (C=O) groups is 1. The summed E-state index contributed by atoms with van der Waals surface area (Å²) in [5, 5.41) is 23.2. The monoisotopic (exact) mass is 231 g/mol. The maximum absolute atomic E-state index is 10.8. The molecule has 1 amide bonds. The molecule has 88 valence electrons. The summed E-state index contributed by atoms with van der Waals surface area (Å²) in [5.41, 5.74) is 1.45. The van der Waals surface area contributed by atoms with Crippen LogP contribution in [-0.2, 0) is 0 Å². The SMILES string of the molecule is N#Cc1ccc(C(NC(=O)O)C2CCN2)cc1. The van der Waals surface area contributed by atoms with Crippen LogP contribution in [-0.4, -0.2) is 23.8 Å². The molecular formula is C12H13N3O2. The standard InChI is InChI=1S/C12H13N3O2/c13-7-8-1-3-9(4-2-8)11(15-12(16)17)10-5-6-14-10/h1-4,10-11,14-15H,5-6H2,(H,16,17). The van der Waals surface area contributed by atoms with Crippen molar-refractivity contribution in [2.75, 3.05) is 6.54 Å². The van der Waals surface area contributed by atoms with Gasteiger partial charge in [0.15, 0.2) is 0 Å². The van der Waals surface area contributed by atoms with E-state index < -0.39 is 6.09 Å². The second-order valence-corrected chi connectivity index (χ2v) is 4.01. The molecule has 2 atom stereocenters. The minimum absolute atomic E-state index is 0.138. The molecule has 17 heavy (non-hydrogen) atoms. The Balaban J connectivity index is 2.18. The number of nitrogens with one attached hydrogen (secondary N) is 2. The molecule has 0 bridgehead atoms. The quantitative estimate of drug-likeness (QED) is 0.730. The van der Waals surface area contributed by atoms with Gasteiger partial charge in [0.25, 0.3) is 0 Å². The van der Waals surface area contributed by atoms with Crippen LogP contribution in [0, 0.1) is 11.3 Å². The third kappa shape index (κ3) is 2.55. The first-order valence-electron chi connectivity index (χ1n) is 5.43. The number of nitriles is 1. The Kier molecular flexibility index (Phi) is 3.26. The Morgan fingerprint density at radius 3 is 2.59 bits per heavy atom. The summed E-state index contributed by atoms with van der Waals surface area (Å²) in [6.07, 6.45) is -0.0849. The summed E-state index contributed by atoms with van der Waals surface area (Å²) in [5.74, 6) is 0. The van der Waals surface area contributed by atoms with Crippen molar-refractivity contribution in [3.8, 4) is 6.07 Å². The number of hydrogen-bond acceptors (Lipinski definition) is 3. The van der Waals surface area contributed by atoms with Crippen LogP contribution < -0.4 is 10.6 Å². The van der Waals surface area contributed by atoms with Gasteiger partial charge >= 0.3 is 6.09 Å². The lowest BCUT2D eigenvalue weighted by Crippen LogP contribution is -2.52. The predicted octanol–water partition coefficient (Wildman–Crippen LogP) is 1.23. The van der Waals surface area contributed by atoms with E-state index in [1.54, 1.807) is 24.3 Å². The zero-order chi connectivity index (χ0) is 12.3. The van der Waals surface area contributed by atoms with E-state index in [4.69, 9.17) is 10.4 Å². The highest BCUT2D eigenvalue weighted by molar-refractivity contribution is 5.65. The lowest BCUT2D eigenvalue weighted by atomic mass is 9.92. The summed E-state index contributed by atoms with van der Waals surface area (Å²) in [4.78, 5) is 10.8. The second-order valence-electron chi connectivity index (χ2n) is 4.01. The molecule has 0 saturated carbocycles. The molecule has 1 aliphatic heterocycles. The molecule has 1 fully saturated rings. The molecule has 0 spiro atoms. The fraction of sp³-hybridized carbons (Fsp3) is 0.333. The Hall–Kier alpha value is -2.06. The highest BCUT2D eigenvalue weighted by Crippen LogP contribution is 2.23. The third-order valence-corrected chi connectivity index (χ3v) is 2.94. The van der Waals surface area contributed by atoms with Crippen LogP contribution in [0.25, 0.3) is 0 Å². The Morgan fingerprint density at radius 1 is 1.53 bits per heavy atom. The van der Waals surface area contributed by atoms with E-state index in [1.807, 2.05) is 6.07 Å². The molecule has 0 radical (unpaired) electrons. The van der Waals surface area contributed by atoms with Crippen molar-refractivity contribution in [2.45, 2.75) is 18.5 Å². The smallest absolute Gasteiger partial charge is 0.405 e. The van der Waals surface area contributed by atoms with Gasteiger partial charge in [0.2, 0.25) is 0 Å².